The fraction of sp³-hybridized carbons (Fsp3) is 0.125. The largest absolute Gasteiger partial charge is 0.497 e. The average molecular weight is 285 g/mol. The Morgan fingerprint density at radius 2 is 1.86 bits per heavy atom. The Kier molecular flexibility index (Phi) is 4.23. The van der Waals surface area contributed by atoms with Gasteiger partial charge in [0, 0.05) is 5.56 Å². The van der Waals surface area contributed by atoms with Gasteiger partial charge in [0.05, 0.1) is 18.4 Å². The summed E-state index contributed by atoms with van der Waals surface area (Å²) in [5.74, 6) is -0.906. The highest BCUT2D eigenvalue weighted by Crippen LogP contribution is 2.22. The van der Waals surface area contributed by atoms with E-state index in [2.05, 4.69) is 5.32 Å². The maximum atomic E-state index is 12.2. The van der Waals surface area contributed by atoms with Gasteiger partial charge in [-0.15, -0.1) is 0 Å². The highest BCUT2D eigenvalue weighted by Gasteiger charge is 2.15. The normalized spacial score (nSPS) is 10.0. The number of nitrogens with one attached hydrogen (secondary N) is 1. The molecule has 2 aromatic rings. The molecule has 108 valence electrons. The first-order chi connectivity index (χ1) is 10.0. The maximum Gasteiger partial charge on any atom is 0.337 e. The number of carboxylic acids is 1. The lowest BCUT2D eigenvalue weighted by atomic mass is 10.1. The molecule has 0 aliphatic carbocycles. The summed E-state index contributed by atoms with van der Waals surface area (Å²) in [7, 11) is 1.51. The minimum Gasteiger partial charge on any atom is -0.497 e. The number of hydrogen-bond donors (Lipinski definition) is 2. The Labute approximate surface area is 122 Å². The lowest BCUT2D eigenvalue weighted by Gasteiger charge is -2.12. The maximum absolute atomic E-state index is 12.2. The molecule has 0 saturated carbocycles. The topological polar surface area (TPSA) is 75.6 Å². The van der Waals surface area contributed by atoms with Crippen LogP contribution < -0.4 is 10.1 Å². The molecule has 0 aromatic heterocycles. The van der Waals surface area contributed by atoms with Crippen LogP contribution in [0.3, 0.4) is 0 Å². The molecule has 5 nitrogen and oxygen atoms in total. The number of para-hydroxylation sites is 1. The van der Waals surface area contributed by atoms with Crippen molar-refractivity contribution < 1.29 is 19.4 Å². The van der Waals surface area contributed by atoms with Crippen molar-refractivity contribution in [1.82, 2.24) is 0 Å². The van der Waals surface area contributed by atoms with Crippen LogP contribution in [-0.4, -0.2) is 24.1 Å². The van der Waals surface area contributed by atoms with Crippen molar-refractivity contribution in [3.8, 4) is 5.75 Å². The fourth-order valence-corrected chi connectivity index (χ4v) is 1.96. The van der Waals surface area contributed by atoms with Crippen LogP contribution in [0.5, 0.6) is 5.75 Å². The van der Waals surface area contributed by atoms with Crippen molar-refractivity contribution in [1.29, 1.82) is 0 Å². The Morgan fingerprint density at radius 1 is 1.14 bits per heavy atom. The second-order valence-corrected chi connectivity index (χ2v) is 4.49. The van der Waals surface area contributed by atoms with Crippen LogP contribution in [0.4, 0.5) is 5.69 Å². The number of anilines is 1. The fourth-order valence-electron chi connectivity index (χ4n) is 1.96. The van der Waals surface area contributed by atoms with Gasteiger partial charge in [0.2, 0.25) is 0 Å². The van der Waals surface area contributed by atoms with Gasteiger partial charge in [0.1, 0.15) is 5.75 Å². The van der Waals surface area contributed by atoms with Crippen LogP contribution in [0.2, 0.25) is 0 Å². The summed E-state index contributed by atoms with van der Waals surface area (Å²) < 4.78 is 5.07. The molecule has 1 amide bonds. The van der Waals surface area contributed by atoms with Crippen LogP contribution >= 0.6 is 0 Å². The molecule has 0 bridgehead atoms. The molecule has 0 spiro atoms. The Bertz CT molecular complexity index is 694. The molecule has 2 N–H and O–H groups in total. The number of carbonyl (C=O) groups excluding carboxylic acids is 1. The molecule has 0 radical (unpaired) electrons. The van der Waals surface area contributed by atoms with E-state index in [1.54, 1.807) is 43.3 Å². The number of carbonyl (C=O) groups is 2. The molecule has 0 unspecified atom stereocenters. The number of rotatable bonds is 4. The van der Waals surface area contributed by atoms with Gasteiger partial charge in [-0.05, 0) is 36.8 Å². The molecule has 0 aliphatic heterocycles. The second-order valence-electron chi connectivity index (χ2n) is 4.49. The predicted molar refractivity (Wildman–Crippen MR) is 79.1 cm³/mol. The van der Waals surface area contributed by atoms with Crippen molar-refractivity contribution in [2.75, 3.05) is 12.4 Å². The number of aryl methyl sites for hydroxylation is 1. The summed E-state index contributed by atoms with van der Waals surface area (Å²) in [5, 5.41) is 11.8. The summed E-state index contributed by atoms with van der Waals surface area (Å²) >= 11 is 0. The minimum absolute atomic E-state index is 0.0613. The van der Waals surface area contributed by atoms with Gasteiger partial charge in [-0.1, -0.05) is 18.2 Å². The van der Waals surface area contributed by atoms with Crippen molar-refractivity contribution in [3.05, 3.63) is 59.2 Å². The Hall–Kier alpha value is -2.82. The first-order valence-corrected chi connectivity index (χ1v) is 6.31. The monoisotopic (exact) mass is 285 g/mol. The molecule has 0 atom stereocenters. The van der Waals surface area contributed by atoms with E-state index in [9.17, 15) is 14.7 Å². The summed E-state index contributed by atoms with van der Waals surface area (Å²) in [5.41, 5.74) is 1.45. The van der Waals surface area contributed by atoms with Gasteiger partial charge < -0.3 is 15.2 Å². The molecule has 2 aromatic carbocycles. The third kappa shape index (κ3) is 3.20. The molecular weight excluding hydrogens is 270 g/mol. The van der Waals surface area contributed by atoms with E-state index in [0.29, 0.717) is 22.6 Å². The van der Waals surface area contributed by atoms with Crippen LogP contribution in [-0.2, 0) is 0 Å². The van der Waals surface area contributed by atoms with E-state index >= 15 is 0 Å². The summed E-state index contributed by atoms with van der Waals surface area (Å²) in [4.78, 5) is 23.5. The van der Waals surface area contributed by atoms with Crippen molar-refractivity contribution in [3.63, 3.8) is 0 Å². The van der Waals surface area contributed by atoms with Crippen LogP contribution in [0.1, 0.15) is 26.3 Å². The molecule has 5 heteroatoms. The van der Waals surface area contributed by atoms with Crippen molar-refractivity contribution in [2.45, 2.75) is 6.92 Å². The molecule has 2 rings (SSSR count). The first kappa shape index (κ1) is 14.6. The van der Waals surface area contributed by atoms with E-state index in [1.165, 1.54) is 13.2 Å². The SMILES string of the molecule is COc1cccc(C(=O)Nc2c(C)cccc2C(=O)O)c1. The van der Waals surface area contributed by atoms with E-state index in [4.69, 9.17) is 4.74 Å². The number of hydrogen-bond acceptors (Lipinski definition) is 3. The third-order valence-corrected chi connectivity index (χ3v) is 3.07. The second kappa shape index (κ2) is 6.09. The molecule has 21 heavy (non-hydrogen) atoms. The van der Waals surface area contributed by atoms with Gasteiger partial charge in [-0.25, -0.2) is 4.79 Å². The van der Waals surface area contributed by atoms with E-state index in [1.807, 2.05) is 0 Å². The molecule has 0 aliphatic rings. The van der Waals surface area contributed by atoms with Gasteiger partial charge in [0.15, 0.2) is 0 Å². The highest BCUT2D eigenvalue weighted by atomic mass is 16.5. The van der Waals surface area contributed by atoms with Crippen molar-refractivity contribution >= 4 is 17.6 Å². The van der Waals surface area contributed by atoms with Crippen LogP contribution in [0.25, 0.3) is 0 Å². The first-order valence-electron chi connectivity index (χ1n) is 6.31. The smallest absolute Gasteiger partial charge is 0.337 e. The Balaban J connectivity index is 2.33. The molecule has 0 heterocycles. The average Bonchev–Trinajstić information content (AvgIpc) is 2.49. The lowest BCUT2D eigenvalue weighted by molar-refractivity contribution is 0.0698. The Morgan fingerprint density at radius 3 is 2.52 bits per heavy atom. The van der Waals surface area contributed by atoms with Gasteiger partial charge in [0.25, 0.3) is 5.91 Å². The van der Waals surface area contributed by atoms with Crippen LogP contribution in [0.15, 0.2) is 42.5 Å². The molecule has 0 saturated heterocycles. The number of carboxylic acid groups (broad SMARTS) is 1. The summed E-state index contributed by atoms with van der Waals surface area (Å²) in [6.45, 7) is 1.74. The standard InChI is InChI=1S/C16H15NO4/c1-10-5-3-8-13(16(19)20)14(10)17-15(18)11-6-4-7-12(9-11)21-2/h3-9H,1-2H3,(H,17,18)(H,19,20). The van der Waals surface area contributed by atoms with Crippen LogP contribution in [0, 0.1) is 6.92 Å². The zero-order valence-electron chi connectivity index (χ0n) is 11.7. The van der Waals surface area contributed by atoms with E-state index in [-0.39, 0.29) is 11.5 Å². The van der Waals surface area contributed by atoms with E-state index in [0.717, 1.165) is 0 Å². The lowest BCUT2D eigenvalue weighted by Crippen LogP contribution is -2.16. The zero-order chi connectivity index (χ0) is 15.4. The predicted octanol–water partition coefficient (Wildman–Crippen LogP) is 2.95. The minimum atomic E-state index is -1.08. The highest BCUT2D eigenvalue weighted by molar-refractivity contribution is 6.08. The van der Waals surface area contributed by atoms with Gasteiger partial charge in [-0.3, -0.25) is 4.79 Å². The third-order valence-electron chi connectivity index (χ3n) is 3.07. The van der Waals surface area contributed by atoms with Gasteiger partial charge >= 0.3 is 5.97 Å². The number of aromatic carboxylic acids is 1. The molecular formula is C16H15NO4. The number of benzene rings is 2. The van der Waals surface area contributed by atoms with Crippen molar-refractivity contribution in [2.24, 2.45) is 0 Å². The molecule has 0 fully saturated rings. The summed E-state index contributed by atoms with van der Waals surface area (Å²) in [6.07, 6.45) is 0. The number of methoxy groups -OCH3 is 1. The van der Waals surface area contributed by atoms with E-state index < -0.39 is 5.97 Å². The number of amides is 1. The quantitative estimate of drug-likeness (QED) is 0.905. The van der Waals surface area contributed by atoms with Gasteiger partial charge in [-0.2, -0.15) is 0 Å². The zero-order valence-corrected chi connectivity index (χ0v) is 11.7. The summed E-state index contributed by atoms with van der Waals surface area (Å²) in [6, 6.07) is 11.5. The number of ether oxygens (including phenoxy) is 1.